The summed E-state index contributed by atoms with van der Waals surface area (Å²) < 4.78 is 7.18. The average molecular weight is 474 g/mol. The van der Waals surface area contributed by atoms with Crippen molar-refractivity contribution >= 4 is 23.9 Å². The van der Waals surface area contributed by atoms with Gasteiger partial charge in [-0.25, -0.2) is 5.43 Å². The standard InChI is InChI=1S/C25H23N5O3S/c1-17-7-9-18(10-8-17)24-28-29-25(30(24)20-11-13-21(33-2)14-12-20)34-16-23(32)27-26-15-19-5-3-4-6-22(19)31/h3-15,31H,16H2,1-2H3,(H,27,32)/b26-15+. The van der Waals surface area contributed by atoms with Crippen LogP contribution in [0.25, 0.3) is 17.1 Å². The van der Waals surface area contributed by atoms with Crippen LogP contribution in [0, 0.1) is 6.92 Å². The summed E-state index contributed by atoms with van der Waals surface area (Å²) in [6.45, 7) is 2.03. The summed E-state index contributed by atoms with van der Waals surface area (Å²) in [7, 11) is 1.62. The molecule has 4 rings (SSSR count). The van der Waals surface area contributed by atoms with Gasteiger partial charge in [-0.3, -0.25) is 9.36 Å². The average Bonchev–Trinajstić information content (AvgIpc) is 3.28. The third kappa shape index (κ3) is 5.44. The Hall–Kier alpha value is -4.11. The number of hydrogen-bond acceptors (Lipinski definition) is 7. The molecule has 1 amide bonds. The Labute approximate surface area is 201 Å². The molecule has 0 spiro atoms. The summed E-state index contributed by atoms with van der Waals surface area (Å²) in [5.41, 5.74) is 5.90. The summed E-state index contributed by atoms with van der Waals surface area (Å²) in [5, 5.41) is 23.0. The minimum Gasteiger partial charge on any atom is -0.507 e. The van der Waals surface area contributed by atoms with Crippen molar-refractivity contribution in [3.63, 3.8) is 0 Å². The maximum absolute atomic E-state index is 12.4. The highest BCUT2D eigenvalue weighted by atomic mass is 32.2. The van der Waals surface area contributed by atoms with Crippen LogP contribution in [0.4, 0.5) is 0 Å². The molecule has 0 fully saturated rings. The van der Waals surface area contributed by atoms with Crippen molar-refractivity contribution in [3.05, 3.63) is 83.9 Å². The molecule has 0 radical (unpaired) electrons. The van der Waals surface area contributed by atoms with E-state index in [1.54, 1.807) is 31.4 Å². The van der Waals surface area contributed by atoms with Gasteiger partial charge in [-0.05, 0) is 43.3 Å². The van der Waals surface area contributed by atoms with Gasteiger partial charge in [-0.15, -0.1) is 10.2 Å². The van der Waals surface area contributed by atoms with E-state index in [4.69, 9.17) is 4.74 Å². The fraction of sp³-hybridized carbons (Fsp3) is 0.120. The maximum atomic E-state index is 12.4. The van der Waals surface area contributed by atoms with Gasteiger partial charge in [0.05, 0.1) is 19.1 Å². The zero-order chi connectivity index (χ0) is 23.9. The van der Waals surface area contributed by atoms with Gasteiger partial charge in [0.25, 0.3) is 5.91 Å². The number of phenols is 1. The topological polar surface area (TPSA) is 102 Å². The molecule has 4 aromatic rings. The van der Waals surface area contributed by atoms with Gasteiger partial charge in [0, 0.05) is 16.8 Å². The number of benzene rings is 3. The first-order chi connectivity index (χ1) is 16.5. The molecule has 1 aromatic heterocycles. The minimum absolute atomic E-state index is 0.0836. The van der Waals surface area contributed by atoms with Crippen molar-refractivity contribution in [3.8, 4) is 28.6 Å². The molecule has 3 aromatic carbocycles. The Morgan fingerprint density at radius 2 is 1.82 bits per heavy atom. The highest BCUT2D eigenvalue weighted by Crippen LogP contribution is 2.29. The van der Waals surface area contributed by atoms with E-state index >= 15 is 0 Å². The number of ether oxygens (including phenoxy) is 1. The van der Waals surface area contributed by atoms with Crippen LogP contribution in [0.2, 0.25) is 0 Å². The smallest absolute Gasteiger partial charge is 0.250 e. The zero-order valence-electron chi connectivity index (χ0n) is 18.7. The first-order valence-electron chi connectivity index (χ1n) is 10.4. The van der Waals surface area contributed by atoms with E-state index < -0.39 is 0 Å². The fourth-order valence-electron chi connectivity index (χ4n) is 3.15. The Morgan fingerprint density at radius 3 is 2.53 bits per heavy atom. The number of nitrogens with one attached hydrogen (secondary N) is 1. The van der Waals surface area contributed by atoms with Gasteiger partial charge in [0.1, 0.15) is 11.5 Å². The number of aromatic hydroxyl groups is 1. The lowest BCUT2D eigenvalue weighted by Crippen LogP contribution is -2.20. The van der Waals surface area contributed by atoms with Gasteiger partial charge in [-0.2, -0.15) is 5.10 Å². The Balaban J connectivity index is 1.53. The largest absolute Gasteiger partial charge is 0.507 e. The molecule has 8 nitrogen and oxygen atoms in total. The molecule has 0 aliphatic rings. The molecular formula is C25H23N5O3S. The lowest BCUT2D eigenvalue weighted by molar-refractivity contribution is -0.118. The van der Waals surface area contributed by atoms with Crippen LogP contribution in [0.15, 0.2) is 83.1 Å². The number of methoxy groups -OCH3 is 1. The number of thioether (sulfide) groups is 1. The fourth-order valence-corrected chi connectivity index (χ4v) is 3.89. The summed E-state index contributed by atoms with van der Waals surface area (Å²) in [6, 6.07) is 22.3. The lowest BCUT2D eigenvalue weighted by Gasteiger charge is -2.11. The second-order valence-electron chi connectivity index (χ2n) is 7.35. The van der Waals surface area contributed by atoms with Crippen LogP contribution in [-0.4, -0.2) is 44.9 Å². The summed E-state index contributed by atoms with van der Waals surface area (Å²) in [5.74, 6) is 1.28. The highest BCUT2D eigenvalue weighted by molar-refractivity contribution is 7.99. The van der Waals surface area contributed by atoms with Crippen molar-refractivity contribution in [2.75, 3.05) is 12.9 Å². The molecule has 34 heavy (non-hydrogen) atoms. The van der Waals surface area contributed by atoms with E-state index in [0.717, 1.165) is 22.6 Å². The van der Waals surface area contributed by atoms with Gasteiger partial charge >= 0.3 is 0 Å². The van der Waals surface area contributed by atoms with Crippen LogP contribution >= 0.6 is 11.8 Å². The molecule has 0 aliphatic carbocycles. The predicted octanol–water partition coefficient (Wildman–Crippen LogP) is 4.20. The minimum atomic E-state index is -0.308. The van der Waals surface area contributed by atoms with Crippen LogP contribution in [0.1, 0.15) is 11.1 Å². The first-order valence-corrected chi connectivity index (χ1v) is 11.4. The number of carbonyl (C=O) groups excluding carboxylic acids is 1. The Morgan fingerprint density at radius 1 is 1.09 bits per heavy atom. The summed E-state index contributed by atoms with van der Waals surface area (Å²) in [6.07, 6.45) is 1.40. The maximum Gasteiger partial charge on any atom is 0.250 e. The summed E-state index contributed by atoms with van der Waals surface area (Å²) in [4.78, 5) is 12.4. The van der Waals surface area contributed by atoms with Gasteiger partial charge < -0.3 is 9.84 Å². The van der Waals surface area contributed by atoms with Crippen LogP contribution in [0.3, 0.4) is 0 Å². The zero-order valence-corrected chi connectivity index (χ0v) is 19.5. The molecule has 0 bridgehead atoms. The molecule has 0 atom stereocenters. The quantitative estimate of drug-likeness (QED) is 0.226. The predicted molar refractivity (Wildman–Crippen MR) is 133 cm³/mol. The van der Waals surface area contributed by atoms with Crippen LogP contribution in [0.5, 0.6) is 11.5 Å². The first kappa shape index (κ1) is 23.1. The van der Waals surface area contributed by atoms with Crippen molar-refractivity contribution in [1.29, 1.82) is 0 Å². The van der Waals surface area contributed by atoms with Crippen molar-refractivity contribution < 1.29 is 14.6 Å². The number of hydrogen-bond donors (Lipinski definition) is 2. The van der Waals surface area contributed by atoms with E-state index in [-0.39, 0.29) is 17.4 Å². The van der Waals surface area contributed by atoms with Crippen molar-refractivity contribution in [2.24, 2.45) is 5.10 Å². The molecular weight excluding hydrogens is 450 g/mol. The SMILES string of the molecule is COc1ccc(-n2c(SCC(=O)N/N=C/c3ccccc3O)nnc2-c2ccc(C)cc2)cc1. The number of para-hydroxylation sites is 1. The second kappa shape index (κ2) is 10.7. The normalized spacial score (nSPS) is 11.0. The third-order valence-corrected chi connectivity index (χ3v) is 5.86. The van der Waals surface area contributed by atoms with Crippen molar-refractivity contribution in [1.82, 2.24) is 20.2 Å². The molecule has 0 saturated carbocycles. The molecule has 0 aliphatic heterocycles. The Kier molecular flexibility index (Phi) is 7.24. The molecule has 9 heteroatoms. The van der Waals surface area contributed by atoms with Gasteiger partial charge in [0.2, 0.25) is 0 Å². The van der Waals surface area contributed by atoms with Gasteiger partial charge in [0.15, 0.2) is 11.0 Å². The molecule has 0 unspecified atom stereocenters. The number of nitrogens with zero attached hydrogens (tertiary/aromatic N) is 4. The molecule has 2 N–H and O–H groups in total. The van der Waals surface area contributed by atoms with Crippen LogP contribution in [-0.2, 0) is 4.79 Å². The monoisotopic (exact) mass is 473 g/mol. The lowest BCUT2D eigenvalue weighted by atomic mass is 10.1. The van der Waals surface area contributed by atoms with E-state index in [0.29, 0.717) is 16.5 Å². The molecule has 1 heterocycles. The van der Waals surface area contributed by atoms with Crippen LogP contribution < -0.4 is 10.2 Å². The van der Waals surface area contributed by atoms with E-state index in [9.17, 15) is 9.90 Å². The number of rotatable bonds is 8. The van der Waals surface area contributed by atoms with E-state index in [1.165, 1.54) is 18.0 Å². The van der Waals surface area contributed by atoms with Crippen molar-refractivity contribution in [2.45, 2.75) is 12.1 Å². The van der Waals surface area contributed by atoms with E-state index in [1.807, 2.05) is 60.0 Å². The Bertz CT molecular complexity index is 1300. The third-order valence-electron chi connectivity index (χ3n) is 4.94. The molecule has 172 valence electrons. The number of aryl methyl sites for hydroxylation is 1. The number of hydrazone groups is 1. The number of phenolic OH excluding ortho intramolecular Hbond substituents is 1. The number of carbonyl (C=O) groups is 1. The molecule has 0 saturated heterocycles. The number of aromatic nitrogens is 3. The highest BCUT2D eigenvalue weighted by Gasteiger charge is 2.17. The second-order valence-corrected chi connectivity index (χ2v) is 8.29. The van der Waals surface area contributed by atoms with Gasteiger partial charge in [-0.1, -0.05) is 53.7 Å². The number of amides is 1. The summed E-state index contributed by atoms with van der Waals surface area (Å²) >= 11 is 1.25. The van der Waals surface area contributed by atoms with E-state index in [2.05, 4.69) is 20.7 Å².